The molecule has 0 fully saturated rings. The molecule has 0 aliphatic heterocycles. The highest BCUT2D eigenvalue weighted by Crippen LogP contribution is 2.04. The maximum absolute atomic E-state index is 3.24. The van der Waals surface area contributed by atoms with Gasteiger partial charge in [0, 0.05) is 18.3 Å². The highest BCUT2D eigenvalue weighted by molar-refractivity contribution is 7.99. The Labute approximate surface area is 81.1 Å². The van der Waals surface area contributed by atoms with Gasteiger partial charge in [0.05, 0.1) is 0 Å². The molecule has 0 aromatic carbocycles. The third-order valence-corrected chi connectivity index (χ3v) is 2.87. The summed E-state index contributed by atoms with van der Waals surface area (Å²) in [5.74, 6) is 2.53. The van der Waals surface area contributed by atoms with Crippen LogP contribution < -0.4 is 5.32 Å². The quantitative estimate of drug-likeness (QED) is 0.609. The van der Waals surface area contributed by atoms with Gasteiger partial charge in [-0.3, -0.25) is 0 Å². The monoisotopic (exact) mass is 190 g/mol. The van der Waals surface area contributed by atoms with Gasteiger partial charge in [0.25, 0.3) is 0 Å². The molecule has 1 unspecified atom stereocenters. The van der Waals surface area contributed by atoms with E-state index in [0.29, 0.717) is 6.04 Å². The molecule has 0 aromatic heterocycles. The van der Waals surface area contributed by atoms with E-state index in [2.05, 4.69) is 31.2 Å². The topological polar surface area (TPSA) is 15.3 Å². The van der Waals surface area contributed by atoms with Crippen LogP contribution in [0.5, 0.6) is 0 Å². The van der Waals surface area contributed by atoms with Crippen molar-refractivity contribution in [3.8, 4) is 0 Å². The van der Waals surface area contributed by atoms with Gasteiger partial charge in [-0.1, -0.05) is 0 Å². The Morgan fingerprint density at radius 3 is 2.50 bits per heavy atom. The van der Waals surface area contributed by atoms with Crippen molar-refractivity contribution < 1.29 is 0 Å². The molecule has 0 saturated carbocycles. The van der Waals surface area contributed by atoms with Gasteiger partial charge in [0.2, 0.25) is 0 Å². The minimum absolute atomic E-state index is 0.664. The van der Waals surface area contributed by atoms with Gasteiger partial charge in [-0.2, -0.15) is 11.8 Å². The fourth-order valence-electron chi connectivity index (χ4n) is 0.754. The van der Waals surface area contributed by atoms with Crippen molar-refractivity contribution in [1.82, 2.24) is 10.2 Å². The van der Waals surface area contributed by atoms with Crippen LogP contribution in [0.1, 0.15) is 13.3 Å². The Bertz CT molecular complexity index is 96.5. The van der Waals surface area contributed by atoms with E-state index in [9.17, 15) is 0 Å². The summed E-state index contributed by atoms with van der Waals surface area (Å²) < 4.78 is 0. The van der Waals surface area contributed by atoms with E-state index in [-0.39, 0.29) is 0 Å². The van der Waals surface area contributed by atoms with E-state index < -0.39 is 0 Å². The summed E-state index contributed by atoms with van der Waals surface area (Å²) in [6, 6.07) is 0.664. The lowest BCUT2D eigenvalue weighted by atomic mass is 10.3. The largest absolute Gasteiger partial charge is 0.317 e. The summed E-state index contributed by atoms with van der Waals surface area (Å²) in [7, 11) is 6.27. The van der Waals surface area contributed by atoms with Crippen LogP contribution in [0.4, 0.5) is 0 Å². The maximum atomic E-state index is 3.24. The number of rotatable bonds is 7. The van der Waals surface area contributed by atoms with Crippen LogP contribution in [0.2, 0.25) is 0 Å². The molecule has 0 spiro atoms. The van der Waals surface area contributed by atoms with Crippen LogP contribution in [-0.4, -0.2) is 50.1 Å². The standard InChI is InChI=1S/C9H22N2S/c1-9(10-2)5-7-12-8-6-11(3)4/h9-10H,5-8H2,1-4H3. The fourth-order valence-corrected chi connectivity index (χ4v) is 1.97. The molecule has 74 valence electrons. The molecule has 0 aromatic rings. The molecule has 1 atom stereocenters. The zero-order valence-corrected chi connectivity index (χ0v) is 9.58. The SMILES string of the molecule is CNC(C)CCSCCN(C)C. The normalized spacial score (nSPS) is 13.8. The Morgan fingerprint density at radius 2 is 2.00 bits per heavy atom. The first-order valence-corrected chi connectivity index (χ1v) is 5.72. The maximum Gasteiger partial charge on any atom is 0.00662 e. The predicted octanol–water partition coefficient (Wildman–Crippen LogP) is 1.28. The second-order valence-corrected chi connectivity index (χ2v) is 4.62. The Balaban J connectivity index is 3.00. The zero-order chi connectivity index (χ0) is 9.40. The molecule has 0 radical (unpaired) electrons. The summed E-state index contributed by atoms with van der Waals surface area (Å²) in [5.41, 5.74) is 0. The lowest BCUT2D eigenvalue weighted by Crippen LogP contribution is -2.22. The molecule has 0 aliphatic carbocycles. The first kappa shape index (κ1) is 12.3. The summed E-state index contributed by atoms with van der Waals surface area (Å²) in [6.07, 6.45) is 1.27. The van der Waals surface area contributed by atoms with Gasteiger partial charge >= 0.3 is 0 Å². The van der Waals surface area contributed by atoms with Crippen LogP contribution in [0.3, 0.4) is 0 Å². The average Bonchev–Trinajstić information content (AvgIpc) is 2.03. The van der Waals surface area contributed by atoms with Crippen LogP contribution in [0.15, 0.2) is 0 Å². The molecule has 0 saturated heterocycles. The fraction of sp³-hybridized carbons (Fsp3) is 1.00. The molecule has 0 heterocycles. The first-order chi connectivity index (χ1) is 5.66. The first-order valence-electron chi connectivity index (χ1n) is 4.56. The van der Waals surface area contributed by atoms with E-state index in [1.165, 1.54) is 24.5 Å². The van der Waals surface area contributed by atoms with Gasteiger partial charge in [-0.25, -0.2) is 0 Å². The van der Waals surface area contributed by atoms with E-state index >= 15 is 0 Å². The molecular weight excluding hydrogens is 168 g/mol. The van der Waals surface area contributed by atoms with Gasteiger partial charge in [-0.05, 0) is 40.2 Å². The van der Waals surface area contributed by atoms with Crippen LogP contribution in [0, 0.1) is 0 Å². The molecule has 0 bridgehead atoms. The Kier molecular flexibility index (Phi) is 8.07. The van der Waals surface area contributed by atoms with Crippen LogP contribution in [-0.2, 0) is 0 Å². The Morgan fingerprint density at radius 1 is 1.33 bits per heavy atom. The summed E-state index contributed by atoms with van der Waals surface area (Å²) in [5, 5.41) is 3.24. The van der Waals surface area contributed by atoms with Crippen molar-refractivity contribution in [1.29, 1.82) is 0 Å². The number of thioether (sulfide) groups is 1. The Hall–Kier alpha value is 0.270. The molecule has 0 rings (SSSR count). The minimum atomic E-state index is 0.664. The van der Waals surface area contributed by atoms with E-state index in [1.54, 1.807) is 0 Å². The van der Waals surface area contributed by atoms with Crippen LogP contribution >= 0.6 is 11.8 Å². The van der Waals surface area contributed by atoms with Crippen LogP contribution in [0.25, 0.3) is 0 Å². The zero-order valence-electron chi connectivity index (χ0n) is 8.76. The highest BCUT2D eigenvalue weighted by Gasteiger charge is 1.97. The van der Waals surface area contributed by atoms with Crippen molar-refractivity contribution in [2.75, 3.05) is 39.2 Å². The average molecular weight is 190 g/mol. The molecule has 12 heavy (non-hydrogen) atoms. The molecule has 0 aliphatic rings. The van der Waals surface area contributed by atoms with E-state index in [0.717, 1.165) is 0 Å². The van der Waals surface area contributed by atoms with Crippen molar-refractivity contribution in [3.63, 3.8) is 0 Å². The second kappa shape index (κ2) is 7.90. The summed E-state index contributed by atoms with van der Waals surface area (Å²) >= 11 is 2.04. The molecular formula is C9H22N2S. The lowest BCUT2D eigenvalue weighted by molar-refractivity contribution is 0.437. The summed E-state index contributed by atoms with van der Waals surface area (Å²) in [6.45, 7) is 3.42. The van der Waals surface area contributed by atoms with Crippen molar-refractivity contribution in [3.05, 3.63) is 0 Å². The van der Waals surface area contributed by atoms with Gasteiger partial charge < -0.3 is 10.2 Å². The predicted molar refractivity (Wildman–Crippen MR) is 59.0 cm³/mol. The van der Waals surface area contributed by atoms with Crippen molar-refractivity contribution in [2.24, 2.45) is 0 Å². The molecule has 1 N–H and O–H groups in total. The second-order valence-electron chi connectivity index (χ2n) is 3.39. The lowest BCUT2D eigenvalue weighted by Gasteiger charge is -2.11. The highest BCUT2D eigenvalue weighted by atomic mass is 32.2. The third-order valence-electron chi connectivity index (χ3n) is 1.87. The number of hydrogen-bond donors (Lipinski definition) is 1. The van der Waals surface area contributed by atoms with Gasteiger partial charge in [0.1, 0.15) is 0 Å². The number of nitrogens with zero attached hydrogens (tertiary/aromatic N) is 1. The number of hydrogen-bond acceptors (Lipinski definition) is 3. The van der Waals surface area contributed by atoms with Gasteiger partial charge in [-0.15, -0.1) is 0 Å². The van der Waals surface area contributed by atoms with Gasteiger partial charge in [0.15, 0.2) is 0 Å². The minimum Gasteiger partial charge on any atom is -0.317 e. The molecule has 2 nitrogen and oxygen atoms in total. The van der Waals surface area contributed by atoms with E-state index in [4.69, 9.17) is 0 Å². The molecule has 3 heteroatoms. The van der Waals surface area contributed by atoms with Crippen molar-refractivity contribution >= 4 is 11.8 Å². The van der Waals surface area contributed by atoms with Crippen molar-refractivity contribution in [2.45, 2.75) is 19.4 Å². The summed E-state index contributed by atoms with van der Waals surface area (Å²) in [4.78, 5) is 2.23. The molecule has 0 amide bonds. The third kappa shape index (κ3) is 8.37. The van der Waals surface area contributed by atoms with E-state index in [1.807, 2.05) is 18.8 Å². The number of nitrogens with one attached hydrogen (secondary N) is 1. The smallest absolute Gasteiger partial charge is 0.00662 e.